The Morgan fingerprint density at radius 2 is 1.94 bits per heavy atom. The van der Waals surface area contributed by atoms with Crippen molar-refractivity contribution in [3.05, 3.63) is 34.6 Å². The molecule has 0 radical (unpaired) electrons. The summed E-state index contributed by atoms with van der Waals surface area (Å²) in [4.78, 5) is 13.1. The van der Waals surface area contributed by atoms with Crippen LogP contribution in [0.5, 0.6) is 0 Å². The van der Waals surface area contributed by atoms with Crippen LogP contribution in [-0.2, 0) is 0 Å². The van der Waals surface area contributed by atoms with Gasteiger partial charge < -0.3 is 15.1 Å². The smallest absolute Gasteiger partial charge is 0.258 e. The van der Waals surface area contributed by atoms with Gasteiger partial charge in [-0.05, 0) is 12.1 Å². The van der Waals surface area contributed by atoms with Crippen molar-refractivity contribution in [1.82, 2.24) is 4.90 Å². The number of rotatable bonds is 1. The van der Waals surface area contributed by atoms with E-state index in [1.54, 1.807) is 0 Å². The van der Waals surface area contributed by atoms with E-state index in [1.807, 2.05) is 0 Å². The van der Waals surface area contributed by atoms with E-state index in [0.717, 1.165) is 6.07 Å². The van der Waals surface area contributed by atoms with Crippen molar-refractivity contribution in [3.8, 4) is 0 Å². The van der Waals surface area contributed by atoms with Gasteiger partial charge in [0, 0.05) is 13.1 Å². The van der Waals surface area contributed by atoms with E-state index in [1.165, 1.54) is 17.0 Å². The number of aliphatic hydroxyl groups is 2. The Bertz CT molecular complexity index is 424. The highest BCUT2D eigenvalue weighted by Gasteiger charge is 2.34. The minimum absolute atomic E-state index is 0.0193. The number of hydrogen-bond acceptors (Lipinski definition) is 3. The van der Waals surface area contributed by atoms with Gasteiger partial charge in [0.15, 0.2) is 0 Å². The number of β-amino-alcohol motifs (C(OH)–C–C–N with tert-alkyl or cyclic N) is 2. The van der Waals surface area contributed by atoms with Crippen molar-refractivity contribution in [2.75, 3.05) is 13.1 Å². The molecule has 0 aromatic heterocycles. The lowest BCUT2D eigenvalue weighted by molar-refractivity contribution is 0.0572. The summed E-state index contributed by atoms with van der Waals surface area (Å²) in [5.74, 6) is -1.33. The van der Waals surface area contributed by atoms with Crippen LogP contribution < -0.4 is 0 Å². The Morgan fingerprint density at radius 1 is 1.35 bits per heavy atom. The molecule has 2 N–H and O–H groups in total. The van der Waals surface area contributed by atoms with Gasteiger partial charge in [0.2, 0.25) is 0 Å². The zero-order valence-corrected chi connectivity index (χ0v) is 9.56. The van der Waals surface area contributed by atoms with Crippen LogP contribution in [0.3, 0.4) is 0 Å². The highest BCUT2D eigenvalue weighted by atomic mass is 35.5. The summed E-state index contributed by atoms with van der Waals surface area (Å²) in [5.41, 5.74) is -0.226. The zero-order chi connectivity index (χ0) is 12.6. The lowest BCUT2D eigenvalue weighted by Gasteiger charge is -2.16. The molecular formula is C11H11ClFNO3. The molecule has 2 atom stereocenters. The summed E-state index contributed by atoms with van der Waals surface area (Å²) in [6.07, 6.45) is -1.99. The molecule has 1 aromatic rings. The fourth-order valence-electron chi connectivity index (χ4n) is 1.80. The second-order valence-corrected chi connectivity index (χ2v) is 4.35. The predicted molar refractivity (Wildman–Crippen MR) is 59.3 cm³/mol. The molecule has 1 heterocycles. The van der Waals surface area contributed by atoms with Gasteiger partial charge in [0.25, 0.3) is 5.91 Å². The number of hydrogen-bond donors (Lipinski definition) is 2. The van der Waals surface area contributed by atoms with Crippen molar-refractivity contribution in [2.45, 2.75) is 12.2 Å². The number of benzene rings is 1. The van der Waals surface area contributed by atoms with Crippen molar-refractivity contribution in [1.29, 1.82) is 0 Å². The third kappa shape index (κ3) is 2.26. The van der Waals surface area contributed by atoms with Crippen LogP contribution in [0.4, 0.5) is 4.39 Å². The third-order valence-electron chi connectivity index (χ3n) is 2.72. The summed E-state index contributed by atoms with van der Waals surface area (Å²) < 4.78 is 13.5. The first-order valence-corrected chi connectivity index (χ1v) is 5.48. The molecule has 0 saturated carbocycles. The Balaban J connectivity index is 2.27. The second-order valence-electron chi connectivity index (χ2n) is 3.94. The average Bonchev–Trinajstić information content (AvgIpc) is 2.59. The molecule has 4 nitrogen and oxygen atoms in total. The maximum absolute atomic E-state index is 13.5. The molecule has 0 aliphatic carbocycles. The van der Waals surface area contributed by atoms with Crippen LogP contribution in [0.25, 0.3) is 0 Å². The first-order chi connectivity index (χ1) is 8.00. The number of nitrogens with zero attached hydrogens (tertiary/aromatic N) is 1. The van der Waals surface area contributed by atoms with E-state index in [2.05, 4.69) is 0 Å². The van der Waals surface area contributed by atoms with E-state index in [0.29, 0.717) is 0 Å². The zero-order valence-electron chi connectivity index (χ0n) is 8.81. The summed E-state index contributed by atoms with van der Waals surface area (Å²) in [6, 6.07) is 3.96. The summed E-state index contributed by atoms with van der Waals surface area (Å²) in [5, 5.41) is 18.7. The number of halogens is 2. The molecule has 2 rings (SSSR count). The molecular weight excluding hydrogens is 249 g/mol. The van der Waals surface area contributed by atoms with Gasteiger partial charge in [-0.2, -0.15) is 0 Å². The topological polar surface area (TPSA) is 60.8 Å². The lowest BCUT2D eigenvalue weighted by atomic mass is 10.2. The molecule has 1 amide bonds. The minimum Gasteiger partial charge on any atom is -0.388 e. The summed E-state index contributed by atoms with van der Waals surface area (Å²) in [6.45, 7) is -0.0463. The number of carbonyl (C=O) groups is 1. The predicted octanol–water partition coefficient (Wildman–Crippen LogP) is 0.657. The SMILES string of the molecule is O=C(c1c(F)cccc1Cl)N1CC(O)C(O)C1. The fourth-order valence-corrected chi connectivity index (χ4v) is 2.04. The van der Waals surface area contributed by atoms with Crippen LogP contribution in [0.2, 0.25) is 5.02 Å². The Morgan fingerprint density at radius 3 is 2.47 bits per heavy atom. The molecule has 0 spiro atoms. The van der Waals surface area contributed by atoms with Crippen molar-refractivity contribution in [2.24, 2.45) is 0 Å². The van der Waals surface area contributed by atoms with Crippen LogP contribution in [0, 0.1) is 5.82 Å². The van der Waals surface area contributed by atoms with Gasteiger partial charge in [0.1, 0.15) is 5.82 Å². The molecule has 1 aliphatic rings. The Labute approximate surface area is 102 Å². The summed E-state index contributed by atoms with van der Waals surface area (Å²) >= 11 is 5.76. The maximum Gasteiger partial charge on any atom is 0.258 e. The average molecular weight is 260 g/mol. The van der Waals surface area contributed by atoms with Gasteiger partial charge in [-0.25, -0.2) is 4.39 Å². The van der Waals surface area contributed by atoms with E-state index in [-0.39, 0.29) is 23.7 Å². The number of carbonyl (C=O) groups excluding carboxylic acids is 1. The molecule has 1 aliphatic heterocycles. The summed E-state index contributed by atoms with van der Waals surface area (Å²) in [7, 11) is 0. The Kier molecular flexibility index (Phi) is 3.33. The maximum atomic E-state index is 13.5. The molecule has 6 heteroatoms. The molecule has 92 valence electrons. The molecule has 17 heavy (non-hydrogen) atoms. The quantitative estimate of drug-likeness (QED) is 0.779. The molecule has 1 aromatic carbocycles. The second kappa shape index (κ2) is 4.60. The van der Waals surface area contributed by atoms with E-state index >= 15 is 0 Å². The lowest BCUT2D eigenvalue weighted by Crippen LogP contribution is -2.30. The van der Waals surface area contributed by atoms with Gasteiger partial charge in [-0.15, -0.1) is 0 Å². The number of amides is 1. The van der Waals surface area contributed by atoms with Crippen LogP contribution >= 0.6 is 11.6 Å². The molecule has 1 saturated heterocycles. The van der Waals surface area contributed by atoms with E-state index in [9.17, 15) is 19.4 Å². The highest BCUT2D eigenvalue weighted by Crippen LogP contribution is 2.22. The highest BCUT2D eigenvalue weighted by molar-refractivity contribution is 6.33. The Hall–Kier alpha value is -1.17. The standard InChI is InChI=1S/C11H11ClFNO3/c12-6-2-1-3-7(13)10(6)11(17)14-4-8(15)9(16)5-14/h1-3,8-9,15-16H,4-5H2. The minimum atomic E-state index is -0.996. The first kappa shape index (κ1) is 12.3. The van der Waals surface area contributed by atoms with E-state index < -0.39 is 23.9 Å². The normalized spacial score (nSPS) is 24.1. The molecule has 2 unspecified atom stereocenters. The molecule has 0 bridgehead atoms. The van der Waals surface area contributed by atoms with Crippen LogP contribution in [0.1, 0.15) is 10.4 Å². The van der Waals surface area contributed by atoms with Gasteiger partial charge in [0.05, 0.1) is 22.8 Å². The van der Waals surface area contributed by atoms with Crippen molar-refractivity contribution >= 4 is 17.5 Å². The van der Waals surface area contributed by atoms with Crippen molar-refractivity contribution in [3.63, 3.8) is 0 Å². The molecule has 1 fully saturated rings. The van der Waals surface area contributed by atoms with Gasteiger partial charge in [-0.3, -0.25) is 4.79 Å². The number of likely N-dealkylation sites (tertiary alicyclic amines) is 1. The first-order valence-electron chi connectivity index (χ1n) is 5.10. The largest absolute Gasteiger partial charge is 0.388 e. The van der Waals surface area contributed by atoms with Gasteiger partial charge >= 0.3 is 0 Å². The van der Waals surface area contributed by atoms with Gasteiger partial charge in [-0.1, -0.05) is 17.7 Å². The van der Waals surface area contributed by atoms with E-state index in [4.69, 9.17) is 11.6 Å². The fraction of sp³-hybridized carbons (Fsp3) is 0.364. The van der Waals surface area contributed by atoms with Crippen LogP contribution in [0.15, 0.2) is 18.2 Å². The third-order valence-corrected chi connectivity index (χ3v) is 3.04. The van der Waals surface area contributed by atoms with Crippen molar-refractivity contribution < 1.29 is 19.4 Å². The van der Waals surface area contributed by atoms with Crippen LogP contribution in [-0.4, -0.2) is 46.3 Å². The number of aliphatic hydroxyl groups excluding tert-OH is 2. The monoisotopic (exact) mass is 259 g/mol.